The van der Waals surface area contributed by atoms with Crippen molar-refractivity contribution in [2.45, 2.75) is 13.3 Å². The van der Waals surface area contributed by atoms with E-state index in [0.717, 1.165) is 30.8 Å². The normalized spacial score (nSPS) is 10.1. The summed E-state index contributed by atoms with van der Waals surface area (Å²) < 4.78 is 0. The van der Waals surface area contributed by atoms with E-state index in [9.17, 15) is 4.79 Å². The van der Waals surface area contributed by atoms with E-state index in [1.165, 1.54) is 0 Å². The second kappa shape index (κ2) is 6.91. The monoisotopic (exact) mass is 235 g/mol. The van der Waals surface area contributed by atoms with E-state index in [-0.39, 0.29) is 6.03 Å². The van der Waals surface area contributed by atoms with Gasteiger partial charge >= 0.3 is 6.03 Å². The van der Waals surface area contributed by atoms with E-state index in [1.807, 2.05) is 38.2 Å². The van der Waals surface area contributed by atoms with Crippen LogP contribution in [-0.4, -0.2) is 38.1 Å². The summed E-state index contributed by atoms with van der Waals surface area (Å²) in [5.41, 5.74) is 1.98. The molecule has 2 amide bonds. The Bertz CT molecular complexity index is 365. The number of amides is 2. The molecule has 0 spiro atoms. The number of carbonyl (C=O) groups is 1. The number of rotatable bonds is 5. The standard InChI is InChI=1S/C13H21N3O/c1-11-6-4-7-12(10-11)15-13(17)16(3)9-5-8-14-2/h4,6-7,10,14H,5,8-9H2,1-3H3,(H,15,17). The zero-order valence-electron chi connectivity index (χ0n) is 10.8. The maximum Gasteiger partial charge on any atom is 0.321 e. The fourth-order valence-corrected chi connectivity index (χ4v) is 1.54. The molecule has 0 aromatic heterocycles. The topological polar surface area (TPSA) is 44.4 Å². The minimum atomic E-state index is -0.0632. The largest absolute Gasteiger partial charge is 0.328 e. The summed E-state index contributed by atoms with van der Waals surface area (Å²) in [7, 11) is 3.72. The zero-order valence-corrected chi connectivity index (χ0v) is 10.8. The van der Waals surface area contributed by atoms with Crippen molar-refractivity contribution >= 4 is 11.7 Å². The Balaban J connectivity index is 2.43. The number of urea groups is 1. The van der Waals surface area contributed by atoms with Crippen LogP contribution in [0.5, 0.6) is 0 Å². The first-order valence-corrected chi connectivity index (χ1v) is 5.87. The molecular formula is C13H21N3O. The number of benzene rings is 1. The summed E-state index contributed by atoms with van der Waals surface area (Å²) >= 11 is 0. The van der Waals surface area contributed by atoms with Crippen molar-refractivity contribution in [1.29, 1.82) is 0 Å². The molecule has 0 unspecified atom stereocenters. The molecule has 1 aromatic rings. The van der Waals surface area contributed by atoms with E-state index in [2.05, 4.69) is 10.6 Å². The van der Waals surface area contributed by atoms with Crippen LogP contribution in [0.4, 0.5) is 10.5 Å². The average molecular weight is 235 g/mol. The number of hydrogen-bond acceptors (Lipinski definition) is 2. The summed E-state index contributed by atoms with van der Waals surface area (Å²) in [5.74, 6) is 0. The van der Waals surface area contributed by atoms with Gasteiger partial charge in [0.2, 0.25) is 0 Å². The van der Waals surface area contributed by atoms with Crippen molar-refractivity contribution in [1.82, 2.24) is 10.2 Å². The van der Waals surface area contributed by atoms with E-state index >= 15 is 0 Å². The number of hydrogen-bond donors (Lipinski definition) is 2. The molecule has 2 N–H and O–H groups in total. The molecule has 94 valence electrons. The Morgan fingerprint density at radius 1 is 1.41 bits per heavy atom. The molecule has 0 aliphatic heterocycles. The van der Waals surface area contributed by atoms with Crippen molar-refractivity contribution in [3.8, 4) is 0 Å². The van der Waals surface area contributed by atoms with Crippen LogP contribution in [0.15, 0.2) is 24.3 Å². The molecule has 0 aliphatic carbocycles. The summed E-state index contributed by atoms with van der Waals surface area (Å²) in [5, 5.41) is 5.94. The smallest absolute Gasteiger partial charge is 0.321 e. The van der Waals surface area contributed by atoms with Crippen LogP contribution < -0.4 is 10.6 Å². The average Bonchev–Trinajstić information content (AvgIpc) is 2.29. The van der Waals surface area contributed by atoms with Gasteiger partial charge in [-0.2, -0.15) is 0 Å². The van der Waals surface area contributed by atoms with Crippen molar-refractivity contribution in [2.24, 2.45) is 0 Å². The molecule has 0 saturated carbocycles. The van der Waals surface area contributed by atoms with Crippen LogP contribution in [-0.2, 0) is 0 Å². The second-order valence-corrected chi connectivity index (χ2v) is 4.18. The van der Waals surface area contributed by atoms with Crippen molar-refractivity contribution in [2.75, 3.05) is 32.5 Å². The third kappa shape index (κ3) is 4.87. The van der Waals surface area contributed by atoms with Gasteiger partial charge in [-0.05, 0) is 44.6 Å². The van der Waals surface area contributed by atoms with Gasteiger partial charge in [-0.25, -0.2) is 4.79 Å². The van der Waals surface area contributed by atoms with Crippen LogP contribution in [0.3, 0.4) is 0 Å². The summed E-state index contributed by atoms with van der Waals surface area (Å²) in [6.45, 7) is 3.67. The van der Waals surface area contributed by atoms with Crippen molar-refractivity contribution in [3.05, 3.63) is 29.8 Å². The predicted octanol–water partition coefficient (Wildman–Crippen LogP) is 2.07. The first-order chi connectivity index (χ1) is 8.13. The summed E-state index contributed by atoms with van der Waals surface area (Å²) in [6.07, 6.45) is 0.953. The highest BCUT2D eigenvalue weighted by atomic mass is 16.2. The predicted molar refractivity (Wildman–Crippen MR) is 71.4 cm³/mol. The lowest BCUT2D eigenvalue weighted by Gasteiger charge is -2.18. The second-order valence-electron chi connectivity index (χ2n) is 4.18. The van der Waals surface area contributed by atoms with Crippen LogP contribution in [0.2, 0.25) is 0 Å². The van der Waals surface area contributed by atoms with E-state index in [4.69, 9.17) is 0 Å². The molecule has 0 aliphatic rings. The summed E-state index contributed by atoms with van der Waals surface area (Å²) in [4.78, 5) is 13.5. The number of aryl methyl sites for hydroxylation is 1. The van der Waals surface area contributed by atoms with E-state index in [1.54, 1.807) is 11.9 Å². The van der Waals surface area contributed by atoms with Gasteiger partial charge in [0, 0.05) is 19.3 Å². The molecule has 0 radical (unpaired) electrons. The van der Waals surface area contributed by atoms with Gasteiger partial charge in [-0.15, -0.1) is 0 Å². The van der Waals surface area contributed by atoms with Gasteiger partial charge in [0.05, 0.1) is 0 Å². The van der Waals surface area contributed by atoms with Gasteiger partial charge in [-0.1, -0.05) is 12.1 Å². The SMILES string of the molecule is CNCCCN(C)C(=O)Nc1cccc(C)c1. The van der Waals surface area contributed by atoms with Crippen molar-refractivity contribution in [3.63, 3.8) is 0 Å². The Labute approximate surface area is 103 Å². The Morgan fingerprint density at radius 2 is 2.18 bits per heavy atom. The number of nitrogens with one attached hydrogen (secondary N) is 2. The van der Waals surface area contributed by atoms with Gasteiger partial charge in [0.25, 0.3) is 0 Å². The maximum atomic E-state index is 11.8. The fraction of sp³-hybridized carbons (Fsp3) is 0.462. The van der Waals surface area contributed by atoms with Crippen LogP contribution in [0.1, 0.15) is 12.0 Å². The first kappa shape index (κ1) is 13.5. The molecule has 1 aromatic carbocycles. The molecule has 17 heavy (non-hydrogen) atoms. The molecule has 4 nitrogen and oxygen atoms in total. The Kier molecular flexibility index (Phi) is 5.49. The van der Waals surface area contributed by atoms with E-state index in [0.29, 0.717) is 0 Å². The van der Waals surface area contributed by atoms with Crippen LogP contribution in [0, 0.1) is 6.92 Å². The lowest BCUT2D eigenvalue weighted by atomic mass is 10.2. The lowest BCUT2D eigenvalue weighted by Crippen LogP contribution is -2.33. The Hall–Kier alpha value is -1.55. The molecule has 0 atom stereocenters. The number of anilines is 1. The van der Waals surface area contributed by atoms with Crippen LogP contribution >= 0.6 is 0 Å². The maximum absolute atomic E-state index is 11.8. The zero-order chi connectivity index (χ0) is 12.7. The first-order valence-electron chi connectivity index (χ1n) is 5.87. The van der Waals surface area contributed by atoms with Gasteiger partial charge in [0.1, 0.15) is 0 Å². The van der Waals surface area contributed by atoms with Gasteiger partial charge in [0.15, 0.2) is 0 Å². The molecule has 4 heteroatoms. The van der Waals surface area contributed by atoms with Gasteiger partial charge in [-0.3, -0.25) is 0 Å². The highest BCUT2D eigenvalue weighted by Crippen LogP contribution is 2.10. The number of nitrogens with zero attached hydrogens (tertiary/aromatic N) is 1. The highest BCUT2D eigenvalue weighted by Gasteiger charge is 2.07. The summed E-state index contributed by atoms with van der Waals surface area (Å²) in [6, 6.07) is 7.73. The molecular weight excluding hydrogens is 214 g/mol. The quantitative estimate of drug-likeness (QED) is 0.767. The molecule has 1 rings (SSSR count). The third-order valence-corrected chi connectivity index (χ3v) is 2.54. The fourth-order valence-electron chi connectivity index (χ4n) is 1.54. The van der Waals surface area contributed by atoms with Crippen LogP contribution in [0.25, 0.3) is 0 Å². The van der Waals surface area contributed by atoms with Gasteiger partial charge < -0.3 is 15.5 Å². The molecule has 0 heterocycles. The number of carbonyl (C=O) groups excluding carboxylic acids is 1. The lowest BCUT2D eigenvalue weighted by molar-refractivity contribution is 0.222. The minimum absolute atomic E-state index is 0.0632. The van der Waals surface area contributed by atoms with E-state index < -0.39 is 0 Å². The molecule has 0 bridgehead atoms. The third-order valence-electron chi connectivity index (χ3n) is 2.54. The molecule has 0 fully saturated rings. The highest BCUT2D eigenvalue weighted by molar-refractivity contribution is 5.89. The minimum Gasteiger partial charge on any atom is -0.328 e. The molecule has 0 saturated heterocycles. The Morgan fingerprint density at radius 3 is 2.82 bits per heavy atom. The van der Waals surface area contributed by atoms with Crippen molar-refractivity contribution < 1.29 is 4.79 Å².